The van der Waals surface area contributed by atoms with E-state index in [0.29, 0.717) is 11.7 Å². The third kappa shape index (κ3) is 3.83. The van der Waals surface area contributed by atoms with Gasteiger partial charge in [-0.15, -0.1) is 0 Å². The van der Waals surface area contributed by atoms with Gasteiger partial charge in [-0.25, -0.2) is 13.2 Å². The predicted molar refractivity (Wildman–Crippen MR) is 89.2 cm³/mol. The largest absolute Gasteiger partial charge is 0.724 e. The summed E-state index contributed by atoms with van der Waals surface area (Å²) in [6, 6.07) is -1.49. The highest BCUT2D eigenvalue weighted by Gasteiger charge is 2.47. The fraction of sp³-hybridized carbons (Fsp3) is 0.786. The molecule has 8 nitrogen and oxygen atoms in total. The summed E-state index contributed by atoms with van der Waals surface area (Å²) >= 11 is 0. The molecule has 1 saturated heterocycles. The number of hydrogen-bond acceptors (Lipinski definition) is 6. The minimum atomic E-state index is -5.00. The molecule has 2 atom stereocenters. The summed E-state index contributed by atoms with van der Waals surface area (Å²) in [5.41, 5.74) is 0.782. The fourth-order valence-electron chi connectivity index (χ4n) is 2.54. The van der Waals surface area contributed by atoms with Gasteiger partial charge in [-0.1, -0.05) is 26.8 Å². The molecule has 2 aliphatic heterocycles. The molecule has 2 heterocycles. The standard InChI is InChI=1S/C14H26N2O6SSi/c1-10-7-11(9-21-24(5,6)14(2,3)4)15-8-12(10)16(13(15)17)22-23(18,19)20/h7,11-12H,8-9H2,1-6H3,(H,18,19,20)/p-1/t11-,12-/m0/s1. The summed E-state index contributed by atoms with van der Waals surface area (Å²) in [5, 5.41) is 0.699. The molecule has 10 heteroatoms. The maximum Gasteiger partial charge on any atom is 0.346 e. The number of nitrogens with zero attached hydrogens (tertiary/aromatic N) is 2. The minimum Gasteiger partial charge on any atom is -0.724 e. The third-order valence-electron chi connectivity index (χ3n) is 5.06. The van der Waals surface area contributed by atoms with Gasteiger partial charge in [0.05, 0.1) is 19.2 Å². The Morgan fingerprint density at radius 2 is 1.96 bits per heavy atom. The average Bonchev–Trinajstić information content (AvgIpc) is 2.65. The van der Waals surface area contributed by atoms with Crippen molar-refractivity contribution < 1.29 is 26.5 Å². The molecule has 2 bridgehead atoms. The van der Waals surface area contributed by atoms with Gasteiger partial charge in [-0.05, 0) is 30.6 Å². The first kappa shape index (κ1) is 19.4. The maximum atomic E-state index is 12.4. The number of carbonyl (C=O) groups excluding carboxylic acids is 1. The van der Waals surface area contributed by atoms with Crippen molar-refractivity contribution in [2.24, 2.45) is 0 Å². The lowest BCUT2D eigenvalue weighted by Crippen LogP contribution is -2.47. The number of urea groups is 1. The molecule has 2 aliphatic rings. The molecule has 0 unspecified atom stereocenters. The van der Waals surface area contributed by atoms with E-state index in [1.807, 2.05) is 6.08 Å². The van der Waals surface area contributed by atoms with Gasteiger partial charge in [0, 0.05) is 0 Å². The van der Waals surface area contributed by atoms with Crippen LogP contribution in [0.2, 0.25) is 18.1 Å². The first-order chi connectivity index (χ1) is 10.7. The van der Waals surface area contributed by atoms with Crippen molar-refractivity contribution in [2.45, 2.75) is 57.9 Å². The van der Waals surface area contributed by atoms with Crippen molar-refractivity contribution in [3.8, 4) is 0 Å². The second-order valence-electron chi connectivity index (χ2n) is 7.81. The van der Waals surface area contributed by atoms with Gasteiger partial charge >= 0.3 is 6.03 Å². The first-order valence-electron chi connectivity index (χ1n) is 7.80. The van der Waals surface area contributed by atoms with Gasteiger partial charge in [-0.2, -0.15) is 9.35 Å². The van der Waals surface area contributed by atoms with Crippen LogP contribution in [0.4, 0.5) is 4.79 Å². The highest BCUT2D eigenvalue weighted by Crippen LogP contribution is 2.37. The van der Waals surface area contributed by atoms with Crippen molar-refractivity contribution in [1.29, 1.82) is 0 Å². The number of carbonyl (C=O) groups is 1. The van der Waals surface area contributed by atoms with Crippen LogP contribution in [0.1, 0.15) is 27.7 Å². The summed E-state index contributed by atoms with van der Waals surface area (Å²) in [6.07, 6.45) is 1.87. The van der Waals surface area contributed by atoms with E-state index in [0.717, 1.165) is 5.57 Å². The van der Waals surface area contributed by atoms with E-state index < -0.39 is 30.8 Å². The highest BCUT2D eigenvalue weighted by atomic mass is 32.3. The van der Waals surface area contributed by atoms with Crippen LogP contribution in [0.25, 0.3) is 0 Å². The summed E-state index contributed by atoms with van der Waals surface area (Å²) in [6.45, 7) is 13.0. The van der Waals surface area contributed by atoms with Crippen LogP contribution in [0.3, 0.4) is 0 Å². The minimum absolute atomic E-state index is 0.0454. The van der Waals surface area contributed by atoms with Gasteiger partial charge in [0.15, 0.2) is 8.32 Å². The van der Waals surface area contributed by atoms with E-state index in [2.05, 4.69) is 38.1 Å². The van der Waals surface area contributed by atoms with Crippen LogP contribution >= 0.6 is 0 Å². The lowest BCUT2D eigenvalue weighted by atomic mass is 10.0. The first-order valence-corrected chi connectivity index (χ1v) is 12.0. The second-order valence-corrected chi connectivity index (χ2v) is 13.6. The van der Waals surface area contributed by atoms with E-state index >= 15 is 0 Å². The quantitative estimate of drug-likeness (QED) is 0.314. The van der Waals surface area contributed by atoms with E-state index in [1.165, 1.54) is 4.90 Å². The molecule has 2 amide bonds. The van der Waals surface area contributed by atoms with Crippen molar-refractivity contribution >= 4 is 24.7 Å². The Kier molecular flexibility index (Phi) is 4.92. The van der Waals surface area contributed by atoms with E-state index in [-0.39, 0.29) is 17.6 Å². The molecule has 0 spiro atoms. The molecule has 0 radical (unpaired) electrons. The number of hydrogen-bond donors (Lipinski definition) is 0. The summed E-state index contributed by atoms with van der Waals surface area (Å²) in [7, 11) is -6.97. The topological polar surface area (TPSA) is 99.2 Å². The Hall–Kier alpha value is -0.943. The van der Waals surface area contributed by atoms with Crippen molar-refractivity contribution in [3.05, 3.63) is 11.6 Å². The van der Waals surface area contributed by atoms with Crippen LogP contribution in [0.15, 0.2) is 11.6 Å². The molecule has 2 rings (SSSR count). The monoisotopic (exact) mass is 377 g/mol. The highest BCUT2D eigenvalue weighted by molar-refractivity contribution is 7.80. The molecule has 1 fully saturated rings. The Labute approximate surface area is 144 Å². The van der Waals surface area contributed by atoms with Gasteiger partial charge in [0.1, 0.15) is 6.04 Å². The predicted octanol–water partition coefficient (Wildman–Crippen LogP) is 1.83. The van der Waals surface area contributed by atoms with Gasteiger partial charge < -0.3 is 13.9 Å². The number of rotatable bonds is 5. The molecular weight excluding hydrogens is 352 g/mol. The number of amides is 2. The molecule has 0 aromatic rings. The van der Waals surface area contributed by atoms with Crippen LogP contribution in [-0.2, 0) is 19.1 Å². The lowest BCUT2D eigenvalue weighted by molar-refractivity contribution is -0.0224. The normalized spacial score (nSPS) is 25.3. The Balaban J connectivity index is 2.14. The summed E-state index contributed by atoms with van der Waals surface area (Å²) in [4.78, 5) is 13.9. The SMILES string of the molecule is CC1=C[C@@H](CO[Si](C)(C)C(C)(C)C)N2C[C@@H]1N(OS(=O)(=O)[O-])C2=O. The Morgan fingerprint density at radius 3 is 2.46 bits per heavy atom. The molecule has 0 aliphatic carbocycles. The zero-order valence-electron chi connectivity index (χ0n) is 14.9. The molecule has 138 valence electrons. The van der Waals surface area contributed by atoms with Crippen LogP contribution in [0.5, 0.6) is 0 Å². The lowest BCUT2D eigenvalue weighted by Gasteiger charge is -2.38. The number of fused-ring (bicyclic) bond motifs is 2. The van der Waals surface area contributed by atoms with Crippen LogP contribution < -0.4 is 0 Å². The Bertz CT molecular complexity index is 655. The number of hydroxylamine groups is 2. The van der Waals surface area contributed by atoms with Gasteiger partial charge in [-0.3, -0.25) is 0 Å². The summed E-state index contributed by atoms with van der Waals surface area (Å²) < 4.78 is 43.1. The van der Waals surface area contributed by atoms with Crippen LogP contribution in [-0.4, -0.2) is 62.5 Å². The fourth-order valence-corrected chi connectivity index (χ4v) is 3.92. The zero-order valence-corrected chi connectivity index (χ0v) is 16.7. The smallest absolute Gasteiger partial charge is 0.346 e. The molecule has 0 aromatic carbocycles. The average molecular weight is 378 g/mol. The van der Waals surface area contributed by atoms with Gasteiger partial charge in [0.25, 0.3) is 0 Å². The van der Waals surface area contributed by atoms with E-state index in [4.69, 9.17) is 4.43 Å². The zero-order chi connectivity index (χ0) is 18.5. The molecule has 0 saturated carbocycles. The second kappa shape index (κ2) is 6.10. The van der Waals surface area contributed by atoms with E-state index in [9.17, 15) is 17.8 Å². The van der Waals surface area contributed by atoms with Crippen LogP contribution in [0, 0.1) is 0 Å². The molecule has 0 aromatic heterocycles. The molecule has 0 N–H and O–H groups in total. The van der Waals surface area contributed by atoms with Crippen molar-refractivity contribution in [2.75, 3.05) is 13.2 Å². The molecule has 24 heavy (non-hydrogen) atoms. The summed E-state index contributed by atoms with van der Waals surface area (Å²) in [5.74, 6) is 0. The Morgan fingerprint density at radius 1 is 1.38 bits per heavy atom. The van der Waals surface area contributed by atoms with E-state index in [1.54, 1.807) is 6.92 Å². The molecular formula is C14H25N2O6SSi-. The van der Waals surface area contributed by atoms with Crippen molar-refractivity contribution in [3.63, 3.8) is 0 Å². The maximum absolute atomic E-state index is 12.4. The third-order valence-corrected chi connectivity index (χ3v) is 9.90. The van der Waals surface area contributed by atoms with Crippen molar-refractivity contribution in [1.82, 2.24) is 9.96 Å². The van der Waals surface area contributed by atoms with Gasteiger partial charge in [0.2, 0.25) is 10.4 Å².